The Kier molecular flexibility index (Phi) is 2.88. The molecule has 0 aliphatic rings. The number of aryl methyl sites for hydroxylation is 1. The maximum atomic E-state index is 11.4. The van der Waals surface area contributed by atoms with Gasteiger partial charge in [-0.15, -0.1) is 0 Å². The van der Waals surface area contributed by atoms with Gasteiger partial charge in [0.2, 0.25) is 0 Å². The molecule has 2 aromatic rings. The molecule has 3 heteroatoms. The van der Waals surface area contributed by atoms with Crippen molar-refractivity contribution >= 4 is 0 Å². The minimum atomic E-state index is -0.241. The molecule has 0 amide bonds. The Labute approximate surface area is 93.4 Å². The number of rotatable bonds is 2. The Morgan fingerprint density at radius 2 is 1.94 bits per heavy atom. The van der Waals surface area contributed by atoms with E-state index in [0.717, 1.165) is 16.8 Å². The standard InChI is InChI=1S/C13H13NO2/c1-9-12(10-5-3-2-4-6-10)7-11(8-15)13(16)14-9/h2-7,15H,8H2,1H3,(H,14,16). The van der Waals surface area contributed by atoms with Crippen LogP contribution in [0.5, 0.6) is 0 Å². The summed E-state index contributed by atoms with van der Waals surface area (Å²) in [6.45, 7) is 1.61. The number of aliphatic hydroxyl groups excluding tert-OH is 1. The number of H-pyrrole nitrogens is 1. The number of hydrogen-bond donors (Lipinski definition) is 2. The van der Waals surface area contributed by atoms with E-state index < -0.39 is 0 Å². The smallest absolute Gasteiger partial charge is 0.253 e. The summed E-state index contributed by atoms with van der Waals surface area (Å²) in [7, 11) is 0. The van der Waals surface area contributed by atoms with Crippen LogP contribution in [0.4, 0.5) is 0 Å². The minimum Gasteiger partial charge on any atom is -0.391 e. The van der Waals surface area contributed by atoms with Gasteiger partial charge in [0.25, 0.3) is 5.56 Å². The molecule has 0 fully saturated rings. The predicted octanol–water partition coefficient (Wildman–Crippen LogP) is 1.84. The molecule has 0 aliphatic heterocycles. The molecule has 1 heterocycles. The summed E-state index contributed by atoms with van der Waals surface area (Å²) in [4.78, 5) is 14.2. The Morgan fingerprint density at radius 3 is 2.56 bits per heavy atom. The highest BCUT2D eigenvalue weighted by molar-refractivity contribution is 5.66. The van der Waals surface area contributed by atoms with E-state index in [4.69, 9.17) is 5.11 Å². The number of aromatic amines is 1. The number of aliphatic hydroxyl groups is 1. The molecule has 0 saturated heterocycles. The first-order valence-corrected chi connectivity index (χ1v) is 5.11. The second-order valence-electron chi connectivity index (χ2n) is 3.69. The topological polar surface area (TPSA) is 53.1 Å². The van der Waals surface area contributed by atoms with E-state index in [0.29, 0.717) is 5.56 Å². The van der Waals surface area contributed by atoms with Crippen molar-refractivity contribution in [3.63, 3.8) is 0 Å². The van der Waals surface area contributed by atoms with Crippen LogP contribution in [0.2, 0.25) is 0 Å². The molecule has 0 unspecified atom stereocenters. The summed E-state index contributed by atoms with van der Waals surface area (Å²) in [6, 6.07) is 11.5. The van der Waals surface area contributed by atoms with Gasteiger partial charge < -0.3 is 10.1 Å². The summed E-state index contributed by atoms with van der Waals surface area (Å²) in [6.07, 6.45) is 0. The number of nitrogens with one attached hydrogen (secondary N) is 1. The number of pyridine rings is 1. The fourth-order valence-electron chi connectivity index (χ4n) is 1.70. The lowest BCUT2D eigenvalue weighted by atomic mass is 10.0. The molecule has 2 rings (SSSR count). The second kappa shape index (κ2) is 4.33. The fourth-order valence-corrected chi connectivity index (χ4v) is 1.70. The van der Waals surface area contributed by atoms with E-state index in [1.807, 2.05) is 37.3 Å². The summed E-state index contributed by atoms with van der Waals surface area (Å²) < 4.78 is 0. The lowest BCUT2D eigenvalue weighted by molar-refractivity contribution is 0.280. The first-order chi connectivity index (χ1) is 7.72. The van der Waals surface area contributed by atoms with Crippen molar-refractivity contribution in [2.24, 2.45) is 0 Å². The molecule has 1 aromatic heterocycles. The van der Waals surface area contributed by atoms with Crippen molar-refractivity contribution in [1.82, 2.24) is 4.98 Å². The van der Waals surface area contributed by atoms with Gasteiger partial charge in [0, 0.05) is 16.8 Å². The van der Waals surface area contributed by atoms with Crippen LogP contribution in [0.3, 0.4) is 0 Å². The minimum absolute atomic E-state index is 0.223. The van der Waals surface area contributed by atoms with Gasteiger partial charge in [0.05, 0.1) is 6.61 Å². The van der Waals surface area contributed by atoms with Crippen LogP contribution in [0.25, 0.3) is 11.1 Å². The first kappa shape index (κ1) is 10.6. The Balaban J connectivity index is 2.62. The fraction of sp³-hybridized carbons (Fsp3) is 0.154. The highest BCUT2D eigenvalue weighted by Crippen LogP contribution is 2.21. The lowest BCUT2D eigenvalue weighted by Crippen LogP contribution is -2.14. The maximum Gasteiger partial charge on any atom is 0.253 e. The van der Waals surface area contributed by atoms with Gasteiger partial charge in [-0.05, 0) is 18.6 Å². The average molecular weight is 215 g/mol. The molecule has 0 atom stereocenters. The molecule has 3 nitrogen and oxygen atoms in total. The largest absolute Gasteiger partial charge is 0.391 e. The average Bonchev–Trinajstić information content (AvgIpc) is 2.30. The summed E-state index contributed by atoms with van der Waals surface area (Å²) in [5, 5.41) is 9.06. The van der Waals surface area contributed by atoms with Crippen molar-refractivity contribution in [3.8, 4) is 11.1 Å². The quantitative estimate of drug-likeness (QED) is 0.803. The van der Waals surface area contributed by atoms with Gasteiger partial charge in [-0.25, -0.2) is 0 Å². The summed E-state index contributed by atoms with van der Waals surface area (Å²) >= 11 is 0. The summed E-state index contributed by atoms with van der Waals surface area (Å²) in [5.41, 5.74) is 2.97. The summed E-state index contributed by atoms with van der Waals surface area (Å²) in [5.74, 6) is 0. The Bertz CT molecular complexity index is 544. The van der Waals surface area contributed by atoms with Crippen LogP contribution in [0, 0.1) is 6.92 Å². The second-order valence-corrected chi connectivity index (χ2v) is 3.69. The molecule has 0 aliphatic carbocycles. The highest BCUT2D eigenvalue weighted by Gasteiger charge is 2.06. The monoisotopic (exact) mass is 215 g/mol. The van der Waals surface area contributed by atoms with Crippen molar-refractivity contribution in [2.75, 3.05) is 0 Å². The van der Waals surface area contributed by atoms with Crippen LogP contribution < -0.4 is 5.56 Å². The highest BCUT2D eigenvalue weighted by atomic mass is 16.3. The molecule has 82 valence electrons. The van der Waals surface area contributed by atoms with Crippen LogP contribution >= 0.6 is 0 Å². The number of aromatic nitrogens is 1. The third kappa shape index (κ3) is 1.90. The number of benzene rings is 1. The van der Waals surface area contributed by atoms with Crippen LogP contribution in [0.1, 0.15) is 11.3 Å². The predicted molar refractivity (Wildman–Crippen MR) is 63.2 cm³/mol. The Morgan fingerprint density at radius 1 is 1.25 bits per heavy atom. The molecule has 0 bridgehead atoms. The Hall–Kier alpha value is -1.87. The van der Waals surface area contributed by atoms with Gasteiger partial charge in [0.1, 0.15) is 0 Å². The van der Waals surface area contributed by atoms with Crippen molar-refractivity contribution in [1.29, 1.82) is 0 Å². The zero-order valence-electron chi connectivity index (χ0n) is 9.03. The SMILES string of the molecule is Cc1[nH]c(=O)c(CO)cc1-c1ccccc1. The van der Waals surface area contributed by atoms with Crippen molar-refractivity contribution in [3.05, 3.63) is 58.0 Å². The molecule has 0 saturated carbocycles. The zero-order valence-corrected chi connectivity index (χ0v) is 9.03. The van der Waals surface area contributed by atoms with E-state index in [-0.39, 0.29) is 12.2 Å². The van der Waals surface area contributed by atoms with Gasteiger partial charge in [0.15, 0.2) is 0 Å². The van der Waals surface area contributed by atoms with E-state index in [2.05, 4.69) is 4.98 Å². The molecule has 2 N–H and O–H groups in total. The lowest BCUT2D eigenvalue weighted by Gasteiger charge is -2.07. The molecule has 1 aromatic carbocycles. The van der Waals surface area contributed by atoms with E-state index in [1.165, 1.54) is 0 Å². The van der Waals surface area contributed by atoms with E-state index in [1.54, 1.807) is 6.07 Å². The molecule has 0 radical (unpaired) electrons. The molecular formula is C13H13NO2. The molecular weight excluding hydrogens is 202 g/mol. The van der Waals surface area contributed by atoms with E-state index >= 15 is 0 Å². The van der Waals surface area contributed by atoms with Crippen molar-refractivity contribution < 1.29 is 5.11 Å². The van der Waals surface area contributed by atoms with Gasteiger partial charge >= 0.3 is 0 Å². The third-order valence-electron chi connectivity index (χ3n) is 2.57. The maximum absolute atomic E-state index is 11.4. The van der Waals surface area contributed by atoms with E-state index in [9.17, 15) is 4.79 Å². The molecule has 0 spiro atoms. The van der Waals surface area contributed by atoms with Crippen LogP contribution in [-0.2, 0) is 6.61 Å². The molecule has 16 heavy (non-hydrogen) atoms. The first-order valence-electron chi connectivity index (χ1n) is 5.11. The normalized spacial score (nSPS) is 10.4. The van der Waals surface area contributed by atoms with Crippen LogP contribution in [0.15, 0.2) is 41.2 Å². The number of hydrogen-bond acceptors (Lipinski definition) is 2. The van der Waals surface area contributed by atoms with Gasteiger partial charge in [-0.2, -0.15) is 0 Å². The van der Waals surface area contributed by atoms with Crippen LogP contribution in [-0.4, -0.2) is 10.1 Å². The third-order valence-corrected chi connectivity index (χ3v) is 2.57. The van der Waals surface area contributed by atoms with Gasteiger partial charge in [-0.3, -0.25) is 4.79 Å². The van der Waals surface area contributed by atoms with Gasteiger partial charge in [-0.1, -0.05) is 30.3 Å². The zero-order chi connectivity index (χ0) is 11.5. The van der Waals surface area contributed by atoms with Crippen molar-refractivity contribution in [2.45, 2.75) is 13.5 Å².